The molecule has 11 nitrogen and oxygen atoms in total. The van der Waals surface area contributed by atoms with E-state index < -0.39 is 17.5 Å². The van der Waals surface area contributed by atoms with Crippen LogP contribution in [-0.2, 0) is 4.79 Å². The maximum atomic E-state index is 15.8. The summed E-state index contributed by atoms with van der Waals surface area (Å²) in [6.07, 6.45) is 2.90. The quantitative estimate of drug-likeness (QED) is 0.348. The summed E-state index contributed by atoms with van der Waals surface area (Å²) in [6.45, 7) is 8.42. The lowest BCUT2D eigenvalue weighted by atomic mass is 9.96. The van der Waals surface area contributed by atoms with E-state index in [1.807, 2.05) is 19.0 Å². The van der Waals surface area contributed by atoms with Gasteiger partial charge in [-0.2, -0.15) is 0 Å². The molecule has 2 saturated heterocycles. The first-order valence-corrected chi connectivity index (χ1v) is 15.0. The average Bonchev–Trinajstić information content (AvgIpc) is 3.45. The van der Waals surface area contributed by atoms with Crippen molar-refractivity contribution in [1.82, 2.24) is 24.8 Å². The smallest absolute Gasteiger partial charge is 0.257 e. The van der Waals surface area contributed by atoms with Crippen LogP contribution in [0.3, 0.4) is 0 Å². The summed E-state index contributed by atoms with van der Waals surface area (Å²) in [5.74, 6) is -2.04. The Morgan fingerprint density at radius 3 is 2.34 bits per heavy atom. The van der Waals surface area contributed by atoms with Crippen LogP contribution >= 0.6 is 11.6 Å². The second-order valence-corrected chi connectivity index (χ2v) is 12.3. The van der Waals surface area contributed by atoms with E-state index in [0.717, 1.165) is 25.9 Å². The maximum absolute atomic E-state index is 15.8. The topological polar surface area (TPSA) is 125 Å². The van der Waals surface area contributed by atoms with Crippen molar-refractivity contribution in [2.24, 2.45) is 5.92 Å². The molecule has 2 fully saturated rings. The van der Waals surface area contributed by atoms with Crippen molar-refractivity contribution in [3.63, 3.8) is 0 Å². The molecule has 2 amide bonds. The molecule has 0 spiro atoms. The van der Waals surface area contributed by atoms with Crippen molar-refractivity contribution in [3.05, 3.63) is 52.2 Å². The fourth-order valence-corrected chi connectivity index (χ4v) is 6.00. The molecule has 5 rings (SSSR count). The molecule has 2 atom stereocenters. The van der Waals surface area contributed by atoms with Gasteiger partial charge >= 0.3 is 0 Å². The van der Waals surface area contributed by atoms with Gasteiger partial charge in [-0.25, -0.2) is 13.5 Å². The van der Waals surface area contributed by atoms with E-state index in [1.54, 1.807) is 0 Å². The second-order valence-electron chi connectivity index (χ2n) is 11.9. The highest BCUT2D eigenvalue weighted by molar-refractivity contribution is 6.35. The van der Waals surface area contributed by atoms with Crippen LogP contribution in [0.4, 0.5) is 31.7 Å². The Hall–Kier alpha value is -3.81. The van der Waals surface area contributed by atoms with E-state index in [4.69, 9.17) is 17.3 Å². The third-order valence-electron chi connectivity index (χ3n) is 8.79. The summed E-state index contributed by atoms with van der Waals surface area (Å²) >= 11 is 6.34. The third kappa shape index (κ3) is 6.35. The first-order chi connectivity index (χ1) is 20.8. The average molecular weight is 630 g/mol. The van der Waals surface area contributed by atoms with Gasteiger partial charge in [-0.15, -0.1) is 5.10 Å². The molecule has 3 heterocycles. The number of piperidine rings is 1. The van der Waals surface area contributed by atoms with E-state index in [1.165, 1.54) is 36.0 Å². The SMILES string of the molecule is Cc1c(F)c(N)cc(C(=O)Nc2cc(-n3cc(NC(=O)C4CCN(C)CC4)nn3)c(F)cc2N2C[C@@H](C)N(C)[C@@H](C)C2)c1Cl. The molecule has 44 heavy (non-hydrogen) atoms. The Balaban J connectivity index is 1.48. The van der Waals surface area contributed by atoms with Gasteiger partial charge in [0.2, 0.25) is 5.91 Å². The Labute approximate surface area is 260 Å². The molecule has 4 N–H and O–H groups in total. The fourth-order valence-electron chi connectivity index (χ4n) is 5.78. The van der Waals surface area contributed by atoms with Crippen LogP contribution in [-0.4, -0.2) is 89.0 Å². The van der Waals surface area contributed by atoms with Crippen molar-refractivity contribution in [1.29, 1.82) is 0 Å². The summed E-state index contributed by atoms with van der Waals surface area (Å²) in [5.41, 5.74) is 6.38. The van der Waals surface area contributed by atoms with E-state index in [-0.39, 0.29) is 57.3 Å². The number of rotatable bonds is 6. The number of halogens is 3. The highest BCUT2D eigenvalue weighted by Crippen LogP contribution is 2.35. The predicted octanol–water partition coefficient (Wildman–Crippen LogP) is 4.15. The van der Waals surface area contributed by atoms with Gasteiger partial charge in [0.25, 0.3) is 5.91 Å². The van der Waals surface area contributed by atoms with Gasteiger partial charge in [0.15, 0.2) is 17.5 Å². The van der Waals surface area contributed by atoms with Crippen LogP contribution in [0.1, 0.15) is 42.6 Å². The van der Waals surface area contributed by atoms with Gasteiger partial charge in [0.05, 0.1) is 33.8 Å². The number of benzene rings is 2. The third-order valence-corrected chi connectivity index (χ3v) is 9.27. The lowest BCUT2D eigenvalue weighted by molar-refractivity contribution is -0.121. The molecule has 0 bridgehead atoms. The minimum atomic E-state index is -0.693. The largest absolute Gasteiger partial charge is 0.396 e. The number of nitrogens with zero attached hydrogens (tertiary/aromatic N) is 6. The van der Waals surface area contributed by atoms with Crippen LogP contribution in [0.5, 0.6) is 0 Å². The number of carbonyl (C=O) groups excluding carboxylic acids is 2. The molecule has 2 aliphatic heterocycles. The molecule has 236 valence electrons. The molecule has 0 unspecified atom stereocenters. The van der Waals surface area contributed by atoms with Crippen molar-refractivity contribution in [2.75, 3.05) is 61.5 Å². The van der Waals surface area contributed by atoms with Crippen LogP contribution in [0.15, 0.2) is 24.4 Å². The number of nitrogens with one attached hydrogen (secondary N) is 2. The first kappa shape index (κ1) is 31.6. The summed E-state index contributed by atoms with van der Waals surface area (Å²) in [6, 6.07) is 4.30. The van der Waals surface area contributed by atoms with Crippen LogP contribution in [0.2, 0.25) is 5.02 Å². The number of hydrogen-bond acceptors (Lipinski definition) is 8. The van der Waals surface area contributed by atoms with E-state index in [9.17, 15) is 14.0 Å². The number of likely N-dealkylation sites (tertiary alicyclic amines) is 1. The van der Waals surface area contributed by atoms with Crippen molar-refractivity contribution in [2.45, 2.75) is 45.7 Å². The molecule has 3 aromatic rings. The van der Waals surface area contributed by atoms with Gasteiger partial charge in [-0.05, 0) is 72.9 Å². The highest BCUT2D eigenvalue weighted by atomic mass is 35.5. The molecule has 1 aromatic heterocycles. The fraction of sp³-hybridized carbons (Fsp3) is 0.467. The zero-order valence-electron chi connectivity index (χ0n) is 25.5. The molecule has 2 aromatic carbocycles. The molecule has 0 saturated carbocycles. The zero-order chi connectivity index (χ0) is 31.9. The monoisotopic (exact) mass is 629 g/mol. The number of likely N-dealkylation sites (N-methyl/N-ethyl adjacent to an activating group) is 1. The molecule has 14 heteroatoms. The van der Waals surface area contributed by atoms with Crippen molar-refractivity contribution >= 4 is 46.3 Å². The molecular weight excluding hydrogens is 592 g/mol. The van der Waals surface area contributed by atoms with Crippen LogP contribution in [0.25, 0.3) is 5.69 Å². The number of nitrogens with two attached hydrogens (primary N) is 1. The van der Waals surface area contributed by atoms with Gasteiger partial charge in [0, 0.05) is 42.7 Å². The number of aromatic nitrogens is 3. The highest BCUT2D eigenvalue weighted by Gasteiger charge is 2.30. The Bertz CT molecular complexity index is 1560. The number of amides is 2. The van der Waals surface area contributed by atoms with Gasteiger partial charge < -0.3 is 26.2 Å². The van der Waals surface area contributed by atoms with Gasteiger partial charge in [0.1, 0.15) is 5.69 Å². The molecule has 0 radical (unpaired) electrons. The second kappa shape index (κ2) is 12.7. The number of nitrogen functional groups attached to an aromatic ring is 1. The zero-order valence-corrected chi connectivity index (χ0v) is 26.3. The van der Waals surface area contributed by atoms with Crippen molar-refractivity contribution in [3.8, 4) is 5.69 Å². The first-order valence-electron chi connectivity index (χ1n) is 14.6. The summed E-state index contributed by atoms with van der Waals surface area (Å²) in [5, 5.41) is 13.7. The maximum Gasteiger partial charge on any atom is 0.257 e. The van der Waals surface area contributed by atoms with Gasteiger partial charge in [-0.3, -0.25) is 14.5 Å². The standard InChI is InChI=1S/C30H38ClF2N9O2/c1-16-13-41(14-17(2)40(16)5)25-11-21(32)24(12-23(25)35-30(44)20-10-22(34)28(33)18(3)27(20)31)42-15-26(37-38-42)36-29(43)19-6-8-39(4)9-7-19/h10-12,15-17,19H,6-9,13-14,34H2,1-5H3,(H,35,44)(H,36,43)/t16-,17+. The lowest BCUT2D eigenvalue weighted by Gasteiger charge is -2.44. The molecular formula is C30H38ClF2N9O2. The van der Waals surface area contributed by atoms with E-state index >= 15 is 4.39 Å². The normalized spacial score (nSPS) is 20.1. The van der Waals surface area contributed by atoms with E-state index in [0.29, 0.717) is 24.5 Å². The number of hydrogen-bond donors (Lipinski definition) is 3. The Morgan fingerprint density at radius 2 is 1.68 bits per heavy atom. The van der Waals surface area contributed by atoms with Crippen molar-refractivity contribution < 1.29 is 18.4 Å². The van der Waals surface area contributed by atoms with Crippen LogP contribution in [0, 0.1) is 24.5 Å². The molecule has 0 aliphatic carbocycles. The summed E-state index contributed by atoms with van der Waals surface area (Å²) in [4.78, 5) is 32.7. The summed E-state index contributed by atoms with van der Waals surface area (Å²) in [7, 11) is 4.06. The molecule has 2 aliphatic rings. The van der Waals surface area contributed by atoms with Crippen LogP contribution < -0.4 is 21.3 Å². The minimum absolute atomic E-state index is 0.00691. The predicted molar refractivity (Wildman–Crippen MR) is 168 cm³/mol. The van der Waals surface area contributed by atoms with Gasteiger partial charge in [-0.1, -0.05) is 16.8 Å². The number of carbonyl (C=O) groups is 2. The number of anilines is 4. The Kier molecular flexibility index (Phi) is 9.10. The van der Waals surface area contributed by atoms with E-state index in [2.05, 4.69) is 44.6 Å². The number of piperazine rings is 1. The minimum Gasteiger partial charge on any atom is -0.396 e. The lowest BCUT2D eigenvalue weighted by Crippen LogP contribution is -2.55. The Morgan fingerprint density at radius 1 is 1.02 bits per heavy atom. The summed E-state index contributed by atoms with van der Waals surface area (Å²) < 4.78 is 31.3.